The van der Waals surface area contributed by atoms with Crippen molar-refractivity contribution >= 4 is 21.9 Å². The predicted octanol–water partition coefficient (Wildman–Crippen LogP) is 1.38. The molecule has 1 aromatic carbocycles. The summed E-state index contributed by atoms with van der Waals surface area (Å²) in [5.41, 5.74) is 0.635. The molecular formula is C17H26N2O5S. The van der Waals surface area contributed by atoms with Gasteiger partial charge in [-0.25, -0.2) is 13.2 Å². The Bertz CT molecular complexity index is 760. The van der Waals surface area contributed by atoms with Gasteiger partial charge >= 0.3 is 5.97 Å². The molecule has 0 saturated heterocycles. The van der Waals surface area contributed by atoms with E-state index in [-0.39, 0.29) is 4.90 Å². The van der Waals surface area contributed by atoms with Gasteiger partial charge in [-0.15, -0.1) is 0 Å². The van der Waals surface area contributed by atoms with Crippen LogP contribution in [0.15, 0.2) is 23.1 Å². The molecule has 0 radical (unpaired) electrons. The van der Waals surface area contributed by atoms with Crippen LogP contribution >= 0.6 is 0 Å². The predicted molar refractivity (Wildman–Crippen MR) is 94.6 cm³/mol. The third-order valence-electron chi connectivity index (χ3n) is 4.31. The molecule has 0 aliphatic carbocycles. The number of hydrogen-bond acceptors (Lipinski definition) is 5. The smallest absolute Gasteiger partial charge is 0.331 e. The number of hydrogen-bond donors (Lipinski definition) is 1. The Balaban J connectivity index is 2.93. The van der Waals surface area contributed by atoms with Crippen molar-refractivity contribution in [3.8, 4) is 0 Å². The molecule has 0 aliphatic rings. The molecule has 1 N–H and O–H groups in total. The molecule has 0 saturated carbocycles. The van der Waals surface area contributed by atoms with Gasteiger partial charge < -0.3 is 10.1 Å². The second-order valence-electron chi connectivity index (χ2n) is 6.23. The van der Waals surface area contributed by atoms with Crippen molar-refractivity contribution < 1.29 is 22.7 Å². The average molecular weight is 370 g/mol. The summed E-state index contributed by atoms with van der Waals surface area (Å²) < 4.78 is 30.9. The van der Waals surface area contributed by atoms with E-state index in [1.165, 1.54) is 27.1 Å². The van der Waals surface area contributed by atoms with Gasteiger partial charge in [-0.3, -0.25) is 4.79 Å². The number of rotatable bonds is 7. The van der Waals surface area contributed by atoms with Crippen molar-refractivity contribution in [1.29, 1.82) is 0 Å². The summed E-state index contributed by atoms with van der Waals surface area (Å²) in [5.74, 6) is -1.16. The maximum absolute atomic E-state index is 12.6. The molecule has 25 heavy (non-hydrogen) atoms. The highest BCUT2D eigenvalue weighted by Crippen LogP contribution is 2.18. The Kier molecular flexibility index (Phi) is 6.73. The number of esters is 1. The molecule has 1 atom stereocenters. The zero-order valence-electron chi connectivity index (χ0n) is 15.5. The Morgan fingerprint density at radius 2 is 1.84 bits per heavy atom. The van der Waals surface area contributed by atoms with Crippen LogP contribution in [0, 0.1) is 13.8 Å². The fourth-order valence-corrected chi connectivity index (χ4v) is 3.41. The van der Waals surface area contributed by atoms with E-state index >= 15 is 0 Å². The maximum Gasteiger partial charge on any atom is 0.331 e. The second-order valence-corrected chi connectivity index (χ2v) is 8.28. The van der Waals surface area contributed by atoms with Gasteiger partial charge in [0.05, 0.1) is 18.6 Å². The minimum Gasteiger partial charge on any atom is -0.467 e. The summed E-state index contributed by atoms with van der Waals surface area (Å²) >= 11 is 0. The normalized spacial score (nSPS) is 14.0. The minimum atomic E-state index is -3.81. The highest BCUT2D eigenvalue weighted by Gasteiger charge is 2.35. The van der Waals surface area contributed by atoms with Gasteiger partial charge in [0.1, 0.15) is 5.54 Å². The molecule has 1 aromatic rings. The number of likely N-dealkylation sites (N-methyl/N-ethyl adjacent to an activating group) is 1. The van der Waals surface area contributed by atoms with E-state index in [2.05, 4.69) is 10.1 Å². The number of nitrogens with one attached hydrogen (secondary N) is 1. The van der Waals surface area contributed by atoms with E-state index in [0.717, 1.165) is 15.4 Å². The quantitative estimate of drug-likeness (QED) is 0.732. The summed E-state index contributed by atoms with van der Waals surface area (Å²) in [6.45, 7) is 6.58. The van der Waals surface area contributed by atoms with Crippen molar-refractivity contribution in [3.05, 3.63) is 29.3 Å². The van der Waals surface area contributed by atoms with Crippen LogP contribution in [0.25, 0.3) is 0 Å². The number of ether oxygens (including phenoxy) is 1. The fourth-order valence-electron chi connectivity index (χ4n) is 2.20. The zero-order chi connectivity index (χ0) is 19.4. The highest BCUT2D eigenvalue weighted by atomic mass is 32.2. The molecule has 8 heteroatoms. The van der Waals surface area contributed by atoms with Gasteiger partial charge in [-0.05, 0) is 50.5 Å². The number of sulfonamides is 1. The van der Waals surface area contributed by atoms with Gasteiger partial charge in [-0.2, -0.15) is 4.31 Å². The molecule has 0 aliphatic heterocycles. The second kappa shape index (κ2) is 7.97. The number of aryl methyl sites for hydroxylation is 2. The first-order valence-electron chi connectivity index (χ1n) is 7.91. The molecule has 0 spiro atoms. The topological polar surface area (TPSA) is 92.8 Å². The first-order valence-corrected chi connectivity index (χ1v) is 9.35. The van der Waals surface area contributed by atoms with Crippen LogP contribution in [0.3, 0.4) is 0 Å². The van der Waals surface area contributed by atoms with Crippen LogP contribution in [-0.4, -0.2) is 50.8 Å². The molecule has 0 heterocycles. The van der Waals surface area contributed by atoms with Crippen LogP contribution in [0.2, 0.25) is 0 Å². The number of carbonyl (C=O) groups is 2. The lowest BCUT2D eigenvalue weighted by atomic mass is 9.99. The van der Waals surface area contributed by atoms with E-state index in [9.17, 15) is 18.0 Å². The lowest BCUT2D eigenvalue weighted by molar-refractivity contribution is -0.150. The van der Waals surface area contributed by atoms with Crippen LogP contribution in [0.4, 0.5) is 0 Å². The van der Waals surface area contributed by atoms with Crippen LogP contribution in [-0.2, 0) is 24.3 Å². The van der Waals surface area contributed by atoms with Crippen molar-refractivity contribution in [3.63, 3.8) is 0 Å². The van der Waals surface area contributed by atoms with E-state index in [1.807, 2.05) is 13.8 Å². The summed E-state index contributed by atoms with van der Waals surface area (Å²) in [5, 5.41) is 2.55. The summed E-state index contributed by atoms with van der Waals surface area (Å²) in [4.78, 5) is 24.1. The van der Waals surface area contributed by atoms with E-state index < -0.39 is 34.0 Å². The van der Waals surface area contributed by atoms with Crippen molar-refractivity contribution in [2.45, 2.75) is 44.6 Å². The summed E-state index contributed by atoms with van der Waals surface area (Å²) in [6.07, 6.45) is 0.318. The van der Waals surface area contributed by atoms with E-state index in [0.29, 0.717) is 6.42 Å². The lowest BCUT2D eigenvalue weighted by Crippen LogP contribution is -2.54. The van der Waals surface area contributed by atoms with Gasteiger partial charge in [0.25, 0.3) is 0 Å². The molecule has 140 valence electrons. The molecule has 0 fully saturated rings. The van der Waals surface area contributed by atoms with E-state index in [4.69, 9.17) is 0 Å². The van der Waals surface area contributed by atoms with Crippen LogP contribution < -0.4 is 5.32 Å². The third kappa shape index (κ3) is 4.79. The molecule has 1 amide bonds. The van der Waals surface area contributed by atoms with Gasteiger partial charge in [0.15, 0.2) is 0 Å². The summed E-state index contributed by atoms with van der Waals surface area (Å²) in [6, 6.07) is 4.81. The number of amides is 1. The average Bonchev–Trinajstić information content (AvgIpc) is 2.55. The minimum absolute atomic E-state index is 0.122. The molecule has 1 rings (SSSR count). The molecule has 7 nitrogen and oxygen atoms in total. The highest BCUT2D eigenvalue weighted by molar-refractivity contribution is 7.89. The lowest BCUT2D eigenvalue weighted by Gasteiger charge is -2.27. The van der Waals surface area contributed by atoms with Crippen molar-refractivity contribution in [1.82, 2.24) is 9.62 Å². The van der Waals surface area contributed by atoms with Crippen LogP contribution in [0.5, 0.6) is 0 Å². The first kappa shape index (κ1) is 21.1. The SMILES string of the molecule is CCC(C)(NC(=O)CN(C)S(=O)(=O)c1ccc(C)c(C)c1)C(=O)OC. The van der Waals surface area contributed by atoms with Crippen molar-refractivity contribution in [2.75, 3.05) is 20.7 Å². The number of nitrogens with zero attached hydrogens (tertiary/aromatic N) is 1. The first-order chi connectivity index (χ1) is 11.5. The number of carbonyl (C=O) groups excluding carboxylic acids is 2. The fraction of sp³-hybridized carbons (Fsp3) is 0.529. The monoisotopic (exact) mass is 370 g/mol. The van der Waals surface area contributed by atoms with Crippen molar-refractivity contribution in [2.24, 2.45) is 0 Å². The zero-order valence-corrected chi connectivity index (χ0v) is 16.4. The summed E-state index contributed by atoms with van der Waals surface area (Å²) in [7, 11) is -1.25. The van der Waals surface area contributed by atoms with Gasteiger partial charge in [0.2, 0.25) is 15.9 Å². The van der Waals surface area contributed by atoms with Gasteiger partial charge in [0, 0.05) is 7.05 Å². The largest absolute Gasteiger partial charge is 0.467 e. The van der Waals surface area contributed by atoms with Gasteiger partial charge in [-0.1, -0.05) is 13.0 Å². The van der Waals surface area contributed by atoms with Crippen LogP contribution in [0.1, 0.15) is 31.4 Å². The Labute approximate surface area is 149 Å². The standard InChI is InChI=1S/C17H26N2O5S/c1-7-17(4,16(21)24-6)18-15(20)11-19(5)25(22,23)14-9-8-12(2)13(3)10-14/h8-10H,7,11H2,1-6H3,(H,18,20). The third-order valence-corrected chi connectivity index (χ3v) is 6.11. The Hall–Kier alpha value is -1.93. The maximum atomic E-state index is 12.6. The molecule has 0 aromatic heterocycles. The number of methoxy groups -OCH3 is 1. The molecular weight excluding hydrogens is 344 g/mol. The Morgan fingerprint density at radius 3 is 2.32 bits per heavy atom. The molecule has 0 bridgehead atoms. The number of benzene rings is 1. The molecule has 1 unspecified atom stereocenters. The Morgan fingerprint density at radius 1 is 1.24 bits per heavy atom. The van der Waals surface area contributed by atoms with E-state index in [1.54, 1.807) is 19.1 Å².